The SMILES string of the molecule is C=C(COC(C)=O)C(=O)OC1(C)C2CC3CC(C2)CC1C3.C=C(COC(C)=O)C(=O)OC1(CC)CCCC1.C=C(COC=O)C(=O)OC1(CC)CCCC1. The van der Waals surface area contributed by atoms with Crippen molar-refractivity contribution in [3.8, 4) is 0 Å². The summed E-state index contributed by atoms with van der Waals surface area (Å²) < 4.78 is 30.9. The van der Waals surface area contributed by atoms with Crippen LogP contribution in [0, 0.1) is 23.7 Å². The minimum Gasteiger partial charge on any atom is -0.463 e. The van der Waals surface area contributed by atoms with E-state index >= 15 is 0 Å². The van der Waals surface area contributed by atoms with Crippen LogP contribution in [-0.4, -0.2) is 72.9 Å². The zero-order valence-corrected chi connectivity index (χ0v) is 33.1. The van der Waals surface area contributed by atoms with E-state index in [1.54, 1.807) is 0 Å². The summed E-state index contributed by atoms with van der Waals surface area (Å²) in [7, 11) is 0. The fourth-order valence-corrected chi connectivity index (χ4v) is 8.88. The first-order valence-electron chi connectivity index (χ1n) is 19.6. The standard InChI is InChI=1S/C17H24O4.C13H20O4.C12H18O4/c1-10(9-20-11(2)18)16(19)21-17(3)14-5-12-4-13(7-14)8-15(17)6-12;1-4-13(7-5-6-8-13)17-12(15)10(2)9-16-11(3)14;1-3-12(6-4-5-7-12)16-11(14)10(2)8-15-9-13/h12-15H,1,4-9H2,2-3H3;2,4-9H2,1,3H3;9H,2-8H2,1H3. The first-order valence-corrected chi connectivity index (χ1v) is 19.6. The number of ether oxygens (including phenoxy) is 6. The minimum atomic E-state index is -0.453. The summed E-state index contributed by atoms with van der Waals surface area (Å²) in [5.74, 6) is 0.493. The number of carbonyl (C=O) groups is 6. The molecule has 0 amide bonds. The maximum atomic E-state index is 12.2. The predicted octanol–water partition coefficient (Wildman–Crippen LogP) is 7.22. The van der Waals surface area contributed by atoms with Crippen LogP contribution in [0.2, 0.25) is 0 Å². The van der Waals surface area contributed by atoms with Crippen molar-refractivity contribution in [1.29, 1.82) is 0 Å². The smallest absolute Gasteiger partial charge is 0.337 e. The maximum absolute atomic E-state index is 12.2. The van der Waals surface area contributed by atoms with E-state index in [1.165, 1.54) is 46.0 Å². The molecule has 0 atom stereocenters. The third-order valence-corrected chi connectivity index (χ3v) is 12.1. The van der Waals surface area contributed by atoms with Crippen molar-refractivity contribution in [1.82, 2.24) is 0 Å². The van der Waals surface area contributed by atoms with Crippen LogP contribution in [0.25, 0.3) is 0 Å². The Hall–Kier alpha value is -3.96. The normalized spacial score (nSPS) is 26.3. The lowest BCUT2D eigenvalue weighted by atomic mass is 9.50. The molecule has 6 rings (SSSR count). The zero-order valence-electron chi connectivity index (χ0n) is 33.1. The lowest BCUT2D eigenvalue weighted by molar-refractivity contribution is -0.200. The van der Waals surface area contributed by atoms with Crippen molar-refractivity contribution in [3.63, 3.8) is 0 Å². The van der Waals surface area contributed by atoms with Crippen LogP contribution in [0.4, 0.5) is 0 Å². The summed E-state index contributed by atoms with van der Waals surface area (Å²) in [5, 5.41) is 0. The molecule has 0 saturated heterocycles. The summed E-state index contributed by atoms with van der Waals surface area (Å²) in [6.07, 6.45) is 15.8. The van der Waals surface area contributed by atoms with Gasteiger partial charge in [-0.3, -0.25) is 14.4 Å². The van der Waals surface area contributed by atoms with Gasteiger partial charge < -0.3 is 28.4 Å². The number of esters is 5. The van der Waals surface area contributed by atoms with Gasteiger partial charge in [0, 0.05) is 13.8 Å². The summed E-state index contributed by atoms with van der Waals surface area (Å²) in [6.45, 7) is 19.6. The van der Waals surface area contributed by atoms with Crippen LogP contribution in [-0.2, 0) is 57.2 Å². The summed E-state index contributed by atoms with van der Waals surface area (Å²) in [5.41, 5.74) is -0.395. The summed E-state index contributed by atoms with van der Waals surface area (Å²) in [4.78, 5) is 67.1. The second-order valence-electron chi connectivity index (χ2n) is 15.9. The molecule has 0 aromatic carbocycles. The molecule has 0 unspecified atom stereocenters. The Morgan fingerprint density at radius 1 is 0.593 bits per heavy atom. The first-order chi connectivity index (χ1) is 25.5. The Balaban J connectivity index is 0.000000221. The molecule has 0 aromatic heterocycles. The molecule has 12 heteroatoms. The quantitative estimate of drug-likeness (QED) is 0.0716. The Morgan fingerprint density at radius 3 is 1.28 bits per heavy atom. The molecule has 6 aliphatic rings. The molecule has 6 aliphatic carbocycles. The van der Waals surface area contributed by atoms with Gasteiger partial charge in [0.15, 0.2) is 0 Å². The molecule has 0 spiro atoms. The van der Waals surface area contributed by atoms with Gasteiger partial charge in [0.05, 0.1) is 16.7 Å². The van der Waals surface area contributed by atoms with Crippen LogP contribution in [0.15, 0.2) is 36.5 Å². The van der Waals surface area contributed by atoms with Gasteiger partial charge in [-0.1, -0.05) is 33.6 Å². The second kappa shape index (κ2) is 20.1. The Morgan fingerprint density at radius 2 is 0.944 bits per heavy atom. The van der Waals surface area contributed by atoms with Crippen LogP contribution in [0.3, 0.4) is 0 Å². The number of hydrogen-bond acceptors (Lipinski definition) is 12. The largest absolute Gasteiger partial charge is 0.463 e. The lowest BCUT2D eigenvalue weighted by Crippen LogP contribution is -2.58. The molecule has 0 N–H and O–H groups in total. The van der Waals surface area contributed by atoms with E-state index in [9.17, 15) is 28.8 Å². The number of hydrogen-bond donors (Lipinski definition) is 0. The highest BCUT2D eigenvalue weighted by molar-refractivity contribution is 5.89. The third-order valence-electron chi connectivity index (χ3n) is 12.1. The van der Waals surface area contributed by atoms with Gasteiger partial charge in [0.2, 0.25) is 0 Å². The Bertz CT molecular complexity index is 1370. The highest BCUT2D eigenvalue weighted by atomic mass is 16.6. The van der Waals surface area contributed by atoms with Crippen molar-refractivity contribution in [3.05, 3.63) is 36.5 Å². The van der Waals surface area contributed by atoms with Crippen molar-refractivity contribution >= 4 is 36.3 Å². The van der Waals surface area contributed by atoms with Gasteiger partial charge in [-0.05, 0) is 127 Å². The molecule has 0 aromatic rings. The highest BCUT2D eigenvalue weighted by Gasteiger charge is 2.57. The Kier molecular flexibility index (Phi) is 16.5. The van der Waals surface area contributed by atoms with Crippen molar-refractivity contribution in [2.24, 2.45) is 23.7 Å². The van der Waals surface area contributed by atoms with Gasteiger partial charge in [-0.15, -0.1) is 0 Å². The van der Waals surface area contributed by atoms with Gasteiger partial charge >= 0.3 is 29.8 Å². The molecule has 6 saturated carbocycles. The minimum absolute atomic E-state index is 0.0785. The molecule has 54 heavy (non-hydrogen) atoms. The monoisotopic (exact) mass is 758 g/mol. The zero-order chi connectivity index (χ0) is 40.1. The second-order valence-corrected chi connectivity index (χ2v) is 15.9. The van der Waals surface area contributed by atoms with E-state index in [4.69, 9.17) is 23.7 Å². The molecule has 12 nitrogen and oxygen atoms in total. The van der Waals surface area contributed by atoms with E-state index in [2.05, 4.69) is 31.4 Å². The lowest BCUT2D eigenvalue weighted by Gasteiger charge is -2.59. The molecular weight excluding hydrogens is 696 g/mol. The van der Waals surface area contributed by atoms with Crippen LogP contribution in [0.5, 0.6) is 0 Å². The van der Waals surface area contributed by atoms with Crippen molar-refractivity contribution in [2.75, 3.05) is 19.8 Å². The number of rotatable bonds is 15. The van der Waals surface area contributed by atoms with E-state index in [0.717, 1.165) is 76.0 Å². The highest BCUT2D eigenvalue weighted by Crippen LogP contribution is 2.59. The summed E-state index contributed by atoms with van der Waals surface area (Å²) in [6, 6.07) is 0. The van der Waals surface area contributed by atoms with E-state index in [-0.39, 0.29) is 53.3 Å². The average Bonchev–Trinajstić information content (AvgIpc) is 3.81. The predicted molar refractivity (Wildman–Crippen MR) is 199 cm³/mol. The summed E-state index contributed by atoms with van der Waals surface area (Å²) >= 11 is 0. The molecule has 4 bridgehead atoms. The molecule has 302 valence electrons. The third kappa shape index (κ3) is 12.3. The molecule has 0 aliphatic heterocycles. The van der Waals surface area contributed by atoms with Gasteiger partial charge in [0.1, 0.15) is 36.6 Å². The van der Waals surface area contributed by atoms with E-state index in [1.807, 2.05) is 13.8 Å². The van der Waals surface area contributed by atoms with E-state index in [0.29, 0.717) is 18.3 Å². The van der Waals surface area contributed by atoms with Gasteiger partial charge in [-0.25, -0.2) is 14.4 Å². The van der Waals surface area contributed by atoms with Crippen molar-refractivity contribution in [2.45, 2.75) is 148 Å². The van der Waals surface area contributed by atoms with Gasteiger partial charge in [-0.2, -0.15) is 0 Å². The van der Waals surface area contributed by atoms with Crippen LogP contribution >= 0.6 is 0 Å². The van der Waals surface area contributed by atoms with E-state index < -0.39 is 29.8 Å². The number of carbonyl (C=O) groups excluding carboxylic acids is 6. The van der Waals surface area contributed by atoms with Crippen molar-refractivity contribution < 1.29 is 57.2 Å². The fraction of sp³-hybridized carbons (Fsp3) is 0.714. The first kappa shape index (κ1) is 44.4. The van der Waals surface area contributed by atoms with Crippen LogP contribution in [0.1, 0.15) is 131 Å². The van der Waals surface area contributed by atoms with Gasteiger partial charge in [0.25, 0.3) is 6.47 Å². The molecule has 0 radical (unpaired) electrons. The molecular formula is C42H62O12. The topological polar surface area (TPSA) is 158 Å². The van der Waals surface area contributed by atoms with Crippen LogP contribution < -0.4 is 0 Å². The molecule has 0 heterocycles. The average molecular weight is 759 g/mol. The maximum Gasteiger partial charge on any atom is 0.337 e. The molecule has 6 fully saturated rings. The Labute approximate surface area is 320 Å². The fourth-order valence-electron chi connectivity index (χ4n) is 8.88.